The van der Waals surface area contributed by atoms with Crippen molar-refractivity contribution in [3.8, 4) is 0 Å². The Balaban J connectivity index is 2.45. The quantitative estimate of drug-likeness (QED) is 0.626. The number of ether oxygens (including phenoxy) is 1. The van der Waals surface area contributed by atoms with Crippen molar-refractivity contribution in [2.24, 2.45) is 0 Å². The number of carbonyl (C=O) groups is 1. The zero-order valence-corrected chi connectivity index (χ0v) is 11.8. The van der Waals surface area contributed by atoms with Crippen molar-refractivity contribution in [3.05, 3.63) is 40.5 Å². The molecule has 19 heavy (non-hydrogen) atoms. The molecule has 0 saturated carbocycles. The molecule has 0 unspecified atom stereocenters. The number of fused-ring (bicyclic) bond motifs is 1. The van der Waals surface area contributed by atoms with Crippen LogP contribution in [0.25, 0.3) is 10.9 Å². The largest absolute Gasteiger partial charge is 0.465 e. The van der Waals surface area contributed by atoms with Crippen LogP contribution in [0.3, 0.4) is 0 Å². The van der Waals surface area contributed by atoms with Crippen LogP contribution in [0.5, 0.6) is 0 Å². The maximum absolute atomic E-state index is 11.6. The minimum absolute atomic E-state index is 0.181. The Bertz CT molecular complexity index is 610. The van der Waals surface area contributed by atoms with Crippen molar-refractivity contribution < 1.29 is 9.53 Å². The van der Waals surface area contributed by atoms with Crippen LogP contribution in [-0.2, 0) is 11.2 Å². The smallest absolute Gasteiger partial charge is 0.341 e. The highest BCUT2D eigenvalue weighted by Gasteiger charge is 2.13. The first-order chi connectivity index (χ1) is 9.15. The van der Waals surface area contributed by atoms with E-state index in [1.807, 2.05) is 6.07 Å². The number of carbonyl (C=O) groups excluding carboxylic acids is 1. The number of rotatable bonds is 4. The number of aromatic nitrogens is 1. The Hall–Kier alpha value is -1.61. The average Bonchev–Trinajstić information content (AvgIpc) is 2.43. The molecule has 0 atom stereocenters. The van der Waals surface area contributed by atoms with Gasteiger partial charge in [-0.05, 0) is 36.6 Å². The lowest BCUT2D eigenvalue weighted by atomic mass is 10.0. The molecule has 1 aromatic carbocycles. The van der Waals surface area contributed by atoms with Crippen LogP contribution in [0.2, 0.25) is 5.15 Å². The molecule has 0 N–H and O–H groups in total. The second-order valence-electron chi connectivity index (χ2n) is 4.45. The van der Waals surface area contributed by atoms with E-state index in [0.717, 1.165) is 30.2 Å². The molecule has 1 heterocycles. The highest BCUT2D eigenvalue weighted by Crippen LogP contribution is 2.22. The molecular weight excluding hydrogens is 262 g/mol. The monoisotopic (exact) mass is 277 g/mol. The second-order valence-corrected chi connectivity index (χ2v) is 4.81. The summed E-state index contributed by atoms with van der Waals surface area (Å²) >= 11 is 5.99. The van der Waals surface area contributed by atoms with Gasteiger partial charge in [-0.2, -0.15) is 0 Å². The topological polar surface area (TPSA) is 39.2 Å². The number of nitrogens with zero attached hydrogens (tertiary/aromatic N) is 1. The molecular formula is C15H16ClNO2. The van der Waals surface area contributed by atoms with Crippen LogP contribution in [0, 0.1) is 0 Å². The van der Waals surface area contributed by atoms with Gasteiger partial charge in [-0.25, -0.2) is 9.78 Å². The van der Waals surface area contributed by atoms with E-state index < -0.39 is 5.97 Å². The number of benzene rings is 1. The van der Waals surface area contributed by atoms with E-state index in [4.69, 9.17) is 16.3 Å². The molecule has 100 valence electrons. The third-order valence-electron chi connectivity index (χ3n) is 3.06. The van der Waals surface area contributed by atoms with Crippen LogP contribution >= 0.6 is 11.6 Å². The standard InChI is InChI=1S/C15H16ClNO2/c1-3-4-5-10-6-7-13-11(8-10)9-12(14(16)17-13)15(18)19-2/h6-9H,3-5H2,1-2H3. The molecule has 0 spiro atoms. The van der Waals surface area contributed by atoms with E-state index in [1.165, 1.54) is 12.7 Å². The fourth-order valence-corrected chi connectivity index (χ4v) is 2.21. The van der Waals surface area contributed by atoms with Gasteiger partial charge in [-0.3, -0.25) is 0 Å². The summed E-state index contributed by atoms with van der Waals surface area (Å²) in [4.78, 5) is 15.8. The molecule has 0 aliphatic carbocycles. The molecule has 0 bridgehead atoms. The van der Waals surface area contributed by atoms with Crippen LogP contribution in [-0.4, -0.2) is 18.1 Å². The first-order valence-electron chi connectivity index (χ1n) is 6.33. The van der Waals surface area contributed by atoms with Gasteiger partial charge in [0.25, 0.3) is 0 Å². The zero-order chi connectivity index (χ0) is 13.8. The van der Waals surface area contributed by atoms with E-state index in [0.29, 0.717) is 5.56 Å². The molecule has 0 aliphatic heterocycles. The van der Waals surface area contributed by atoms with E-state index in [1.54, 1.807) is 6.07 Å². The number of halogens is 1. The van der Waals surface area contributed by atoms with Gasteiger partial charge in [0.1, 0.15) is 5.15 Å². The van der Waals surface area contributed by atoms with Crippen LogP contribution in [0.15, 0.2) is 24.3 Å². The number of methoxy groups -OCH3 is 1. The number of pyridine rings is 1. The van der Waals surface area contributed by atoms with Gasteiger partial charge < -0.3 is 4.74 Å². The van der Waals surface area contributed by atoms with Gasteiger partial charge in [0.2, 0.25) is 0 Å². The lowest BCUT2D eigenvalue weighted by Crippen LogP contribution is -2.03. The molecule has 0 aliphatic rings. The fourth-order valence-electron chi connectivity index (χ4n) is 1.99. The Kier molecular flexibility index (Phi) is 4.38. The number of esters is 1. The summed E-state index contributed by atoms with van der Waals surface area (Å²) in [6.07, 6.45) is 3.34. The van der Waals surface area contributed by atoms with E-state index in [2.05, 4.69) is 24.0 Å². The Morgan fingerprint density at radius 3 is 2.84 bits per heavy atom. The molecule has 0 amide bonds. The molecule has 3 nitrogen and oxygen atoms in total. The predicted molar refractivity (Wildman–Crippen MR) is 76.7 cm³/mol. The summed E-state index contributed by atoms with van der Waals surface area (Å²) in [5, 5.41) is 1.10. The third kappa shape index (κ3) is 3.04. The summed E-state index contributed by atoms with van der Waals surface area (Å²) < 4.78 is 4.70. The first-order valence-corrected chi connectivity index (χ1v) is 6.71. The van der Waals surface area contributed by atoms with Gasteiger partial charge in [0.05, 0.1) is 18.2 Å². The lowest BCUT2D eigenvalue weighted by molar-refractivity contribution is 0.0600. The average molecular weight is 278 g/mol. The summed E-state index contributed by atoms with van der Waals surface area (Å²) in [7, 11) is 1.33. The van der Waals surface area contributed by atoms with E-state index in [9.17, 15) is 4.79 Å². The number of aryl methyl sites for hydroxylation is 1. The summed E-state index contributed by atoms with van der Waals surface area (Å²) in [5.74, 6) is -0.460. The van der Waals surface area contributed by atoms with Crippen molar-refractivity contribution in [3.63, 3.8) is 0 Å². The van der Waals surface area contributed by atoms with Crippen LogP contribution < -0.4 is 0 Å². The molecule has 0 radical (unpaired) electrons. The second kappa shape index (κ2) is 6.02. The first kappa shape index (κ1) is 13.8. The Morgan fingerprint density at radius 2 is 2.16 bits per heavy atom. The number of hydrogen-bond acceptors (Lipinski definition) is 3. The van der Waals surface area contributed by atoms with E-state index >= 15 is 0 Å². The Morgan fingerprint density at radius 1 is 1.37 bits per heavy atom. The minimum Gasteiger partial charge on any atom is -0.465 e. The van der Waals surface area contributed by atoms with Gasteiger partial charge in [-0.1, -0.05) is 31.0 Å². The van der Waals surface area contributed by atoms with Gasteiger partial charge >= 0.3 is 5.97 Å². The molecule has 2 aromatic rings. The molecule has 2 rings (SSSR count). The van der Waals surface area contributed by atoms with Gasteiger partial charge in [-0.15, -0.1) is 0 Å². The molecule has 4 heteroatoms. The summed E-state index contributed by atoms with van der Waals surface area (Å²) in [6.45, 7) is 2.16. The minimum atomic E-state index is -0.460. The SMILES string of the molecule is CCCCc1ccc2nc(Cl)c(C(=O)OC)cc2c1. The molecule has 0 fully saturated rings. The van der Waals surface area contributed by atoms with E-state index in [-0.39, 0.29) is 5.15 Å². The maximum atomic E-state index is 11.6. The summed E-state index contributed by atoms with van der Waals surface area (Å²) in [6, 6.07) is 7.79. The number of unbranched alkanes of at least 4 members (excludes halogenated alkanes) is 1. The highest BCUT2D eigenvalue weighted by molar-refractivity contribution is 6.32. The fraction of sp³-hybridized carbons (Fsp3) is 0.333. The third-order valence-corrected chi connectivity index (χ3v) is 3.35. The van der Waals surface area contributed by atoms with Crippen molar-refractivity contribution in [1.29, 1.82) is 0 Å². The van der Waals surface area contributed by atoms with Crippen LogP contribution in [0.4, 0.5) is 0 Å². The van der Waals surface area contributed by atoms with Crippen molar-refractivity contribution in [1.82, 2.24) is 4.98 Å². The van der Waals surface area contributed by atoms with Gasteiger partial charge in [0, 0.05) is 5.39 Å². The molecule has 1 aromatic heterocycles. The lowest BCUT2D eigenvalue weighted by Gasteiger charge is -2.06. The van der Waals surface area contributed by atoms with Crippen molar-refractivity contribution in [2.45, 2.75) is 26.2 Å². The van der Waals surface area contributed by atoms with Crippen molar-refractivity contribution >= 4 is 28.5 Å². The highest BCUT2D eigenvalue weighted by atomic mass is 35.5. The summed E-state index contributed by atoms with van der Waals surface area (Å²) in [5.41, 5.74) is 2.34. The molecule has 0 saturated heterocycles. The normalized spacial score (nSPS) is 10.7. The predicted octanol–water partition coefficient (Wildman–Crippen LogP) is 4.02. The zero-order valence-electron chi connectivity index (χ0n) is 11.1. The number of hydrogen-bond donors (Lipinski definition) is 0. The van der Waals surface area contributed by atoms with Crippen molar-refractivity contribution in [2.75, 3.05) is 7.11 Å². The Labute approximate surface area is 117 Å². The van der Waals surface area contributed by atoms with Crippen LogP contribution in [0.1, 0.15) is 35.7 Å². The van der Waals surface area contributed by atoms with Gasteiger partial charge in [0.15, 0.2) is 0 Å². The maximum Gasteiger partial charge on any atom is 0.341 e.